The van der Waals surface area contributed by atoms with Gasteiger partial charge >= 0.3 is 5.97 Å². The summed E-state index contributed by atoms with van der Waals surface area (Å²) >= 11 is 0. The number of carboxylic acid groups (broad SMARTS) is 1. The minimum atomic E-state index is -1.01. The maximum Gasteiger partial charge on any atom is 0.310 e. The number of nitrogens with two attached hydrogens (primary N) is 1. The second-order valence-electron chi connectivity index (χ2n) is 4.80. The zero-order valence-electron chi connectivity index (χ0n) is 10.5. The molecule has 1 aromatic carbocycles. The van der Waals surface area contributed by atoms with Crippen molar-refractivity contribution in [3.8, 4) is 0 Å². The van der Waals surface area contributed by atoms with Crippen molar-refractivity contribution in [2.75, 3.05) is 6.54 Å². The molecule has 0 saturated heterocycles. The van der Waals surface area contributed by atoms with Crippen LogP contribution in [0.5, 0.6) is 0 Å². The molecule has 1 atom stereocenters. The first kappa shape index (κ1) is 14.2. The molecule has 5 nitrogen and oxygen atoms in total. The standard InChI is InChI=1S/C13H18N2O3/c1-13(2,12(17)18)8-15-11(16)10(14)9-6-4-3-5-7-9/h3-7,10H,8,14H2,1-2H3,(H,15,16)(H,17,18). The summed E-state index contributed by atoms with van der Waals surface area (Å²) in [5.74, 6) is -1.34. The Labute approximate surface area is 106 Å². The highest BCUT2D eigenvalue weighted by Crippen LogP contribution is 2.14. The maximum atomic E-state index is 11.8. The van der Waals surface area contributed by atoms with Crippen molar-refractivity contribution in [2.45, 2.75) is 19.9 Å². The summed E-state index contributed by atoms with van der Waals surface area (Å²) in [6, 6.07) is 8.16. The summed E-state index contributed by atoms with van der Waals surface area (Å²) in [4.78, 5) is 22.7. The molecule has 0 aliphatic heterocycles. The van der Waals surface area contributed by atoms with E-state index in [1.54, 1.807) is 38.1 Å². The molecule has 0 aliphatic rings. The maximum absolute atomic E-state index is 11.8. The normalized spacial score (nSPS) is 12.8. The molecule has 1 rings (SSSR count). The van der Waals surface area contributed by atoms with Gasteiger partial charge in [0.15, 0.2) is 0 Å². The van der Waals surface area contributed by atoms with Gasteiger partial charge in [0, 0.05) is 6.54 Å². The van der Waals surface area contributed by atoms with Gasteiger partial charge in [-0.2, -0.15) is 0 Å². The van der Waals surface area contributed by atoms with Crippen molar-refractivity contribution >= 4 is 11.9 Å². The van der Waals surface area contributed by atoms with Crippen LogP contribution in [0.1, 0.15) is 25.5 Å². The lowest BCUT2D eigenvalue weighted by atomic mass is 9.93. The zero-order chi connectivity index (χ0) is 13.8. The van der Waals surface area contributed by atoms with Gasteiger partial charge in [0.1, 0.15) is 6.04 Å². The highest BCUT2D eigenvalue weighted by Gasteiger charge is 2.28. The SMILES string of the molecule is CC(C)(CNC(=O)C(N)c1ccccc1)C(=O)O. The van der Waals surface area contributed by atoms with Gasteiger partial charge < -0.3 is 16.2 Å². The van der Waals surface area contributed by atoms with Crippen LogP contribution in [-0.4, -0.2) is 23.5 Å². The Hall–Kier alpha value is -1.88. The first-order chi connectivity index (χ1) is 8.34. The Morgan fingerprint density at radius 2 is 1.89 bits per heavy atom. The first-order valence-electron chi connectivity index (χ1n) is 5.66. The van der Waals surface area contributed by atoms with Crippen molar-refractivity contribution in [3.63, 3.8) is 0 Å². The Balaban J connectivity index is 2.59. The van der Waals surface area contributed by atoms with Crippen LogP contribution in [0.15, 0.2) is 30.3 Å². The number of rotatable bonds is 5. The molecule has 0 aromatic heterocycles. The molecule has 0 aliphatic carbocycles. The number of aliphatic carboxylic acids is 1. The fourth-order valence-corrected chi connectivity index (χ4v) is 1.31. The third kappa shape index (κ3) is 3.56. The number of nitrogens with one attached hydrogen (secondary N) is 1. The van der Waals surface area contributed by atoms with Crippen LogP contribution in [0.25, 0.3) is 0 Å². The molecule has 5 heteroatoms. The van der Waals surface area contributed by atoms with Crippen molar-refractivity contribution in [1.29, 1.82) is 0 Å². The second-order valence-corrected chi connectivity index (χ2v) is 4.80. The lowest BCUT2D eigenvalue weighted by Gasteiger charge is -2.21. The van der Waals surface area contributed by atoms with Crippen molar-refractivity contribution in [3.05, 3.63) is 35.9 Å². The number of hydrogen-bond donors (Lipinski definition) is 3. The molecule has 0 spiro atoms. The highest BCUT2D eigenvalue weighted by atomic mass is 16.4. The highest BCUT2D eigenvalue weighted by molar-refractivity contribution is 5.83. The van der Waals surface area contributed by atoms with Gasteiger partial charge in [0.25, 0.3) is 0 Å². The minimum Gasteiger partial charge on any atom is -0.481 e. The van der Waals surface area contributed by atoms with Crippen LogP contribution in [0, 0.1) is 5.41 Å². The fraction of sp³-hybridized carbons (Fsp3) is 0.385. The van der Waals surface area contributed by atoms with E-state index in [-0.39, 0.29) is 12.5 Å². The summed E-state index contributed by atoms with van der Waals surface area (Å²) in [7, 11) is 0. The van der Waals surface area contributed by atoms with Crippen LogP contribution in [0.4, 0.5) is 0 Å². The summed E-state index contributed by atoms with van der Waals surface area (Å²) in [6.07, 6.45) is 0. The van der Waals surface area contributed by atoms with E-state index in [9.17, 15) is 9.59 Å². The largest absolute Gasteiger partial charge is 0.481 e. The van der Waals surface area contributed by atoms with E-state index < -0.39 is 17.4 Å². The van der Waals surface area contributed by atoms with E-state index in [0.717, 1.165) is 0 Å². The lowest BCUT2D eigenvalue weighted by molar-refractivity contribution is -0.146. The third-order valence-electron chi connectivity index (χ3n) is 2.72. The van der Waals surface area contributed by atoms with Crippen molar-refractivity contribution < 1.29 is 14.7 Å². The van der Waals surface area contributed by atoms with E-state index in [1.165, 1.54) is 0 Å². The van der Waals surface area contributed by atoms with Crippen LogP contribution < -0.4 is 11.1 Å². The molecule has 0 heterocycles. The molecule has 0 saturated carbocycles. The molecular formula is C13H18N2O3. The molecule has 4 N–H and O–H groups in total. The number of amides is 1. The first-order valence-corrected chi connectivity index (χ1v) is 5.66. The van der Waals surface area contributed by atoms with Crippen LogP contribution in [0.2, 0.25) is 0 Å². The number of benzene rings is 1. The molecule has 18 heavy (non-hydrogen) atoms. The van der Waals surface area contributed by atoms with E-state index in [2.05, 4.69) is 5.32 Å². The Kier molecular flexibility index (Phi) is 4.44. The molecule has 1 amide bonds. The monoisotopic (exact) mass is 250 g/mol. The molecule has 1 aromatic rings. The van der Waals surface area contributed by atoms with E-state index in [0.29, 0.717) is 5.56 Å². The molecule has 98 valence electrons. The Bertz CT molecular complexity index is 429. The smallest absolute Gasteiger partial charge is 0.310 e. The van der Waals surface area contributed by atoms with Crippen LogP contribution >= 0.6 is 0 Å². The Morgan fingerprint density at radius 1 is 1.33 bits per heavy atom. The van der Waals surface area contributed by atoms with E-state index >= 15 is 0 Å². The van der Waals surface area contributed by atoms with E-state index in [4.69, 9.17) is 10.8 Å². The number of hydrogen-bond acceptors (Lipinski definition) is 3. The summed E-state index contributed by atoms with van der Waals surface area (Å²) < 4.78 is 0. The van der Waals surface area contributed by atoms with Crippen molar-refractivity contribution in [2.24, 2.45) is 11.1 Å². The topological polar surface area (TPSA) is 92.4 Å². The molecule has 0 fully saturated rings. The van der Waals surface area contributed by atoms with Gasteiger partial charge in [-0.25, -0.2) is 0 Å². The van der Waals surface area contributed by atoms with Gasteiger partial charge in [0.2, 0.25) is 5.91 Å². The predicted molar refractivity (Wildman–Crippen MR) is 67.8 cm³/mol. The third-order valence-corrected chi connectivity index (χ3v) is 2.72. The Morgan fingerprint density at radius 3 is 2.39 bits per heavy atom. The predicted octanol–water partition coefficient (Wildman–Crippen LogP) is 0.913. The quantitative estimate of drug-likeness (QED) is 0.724. The lowest BCUT2D eigenvalue weighted by Crippen LogP contribution is -2.42. The number of carbonyl (C=O) groups is 2. The van der Waals surface area contributed by atoms with Gasteiger partial charge in [-0.05, 0) is 19.4 Å². The minimum absolute atomic E-state index is 0.0434. The fourth-order valence-electron chi connectivity index (χ4n) is 1.31. The summed E-state index contributed by atoms with van der Waals surface area (Å²) in [5, 5.41) is 11.5. The van der Waals surface area contributed by atoms with E-state index in [1.807, 2.05) is 6.07 Å². The average Bonchev–Trinajstić information content (AvgIpc) is 2.36. The molecule has 0 bridgehead atoms. The molecule has 0 radical (unpaired) electrons. The summed E-state index contributed by atoms with van der Waals surface area (Å²) in [5.41, 5.74) is 5.47. The van der Waals surface area contributed by atoms with Crippen molar-refractivity contribution in [1.82, 2.24) is 5.32 Å². The van der Waals surface area contributed by atoms with Gasteiger partial charge in [-0.3, -0.25) is 9.59 Å². The second kappa shape index (κ2) is 5.64. The van der Waals surface area contributed by atoms with Gasteiger partial charge in [-0.1, -0.05) is 30.3 Å². The van der Waals surface area contributed by atoms with Gasteiger partial charge in [0.05, 0.1) is 5.41 Å². The zero-order valence-corrected chi connectivity index (χ0v) is 10.5. The average molecular weight is 250 g/mol. The van der Waals surface area contributed by atoms with Gasteiger partial charge in [-0.15, -0.1) is 0 Å². The summed E-state index contributed by atoms with van der Waals surface area (Å²) in [6.45, 7) is 3.13. The number of carbonyl (C=O) groups excluding carboxylic acids is 1. The molecule has 1 unspecified atom stereocenters. The molecular weight excluding hydrogens is 232 g/mol. The van der Waals surface area contributed by atoms with Crippen LogP contribution in [-0.2, 0) is 9.59 Å². The van der Waals surface area contributed by atoms with Crippen LogP contribution in [0.3, 0.4) is 0 Å². The number of carboxylic acids is 1.